The summed E-state index contributed by atoms with van der Waals surface area (Å²) in [5, 5.41) is 0.221. The molecule has 1 aromatic heterocycles. The molecule has 2 nitrogen and oxygen atoms in total. The molecule has 0 amide bonds. The summed E-state index contributed by atoms with van der Waals surface area (Å²) in [5.74, 6) is 0.385. The highest BCUT2D eigenvalue weighted by Crippen LogP contribution is 2.36. The average molecular weight is 293 g/mol. The predicted molar refractivity (Wildman–Crippen MR) is 61.2 cm³/mol. The van der Waals surface area contributed by atoms with E-state index >= 15 is 0 Å². The Balaban J connectivity index is 3.47. The fourth-order valence-corrected chi connectivity index (χ4v) is 3.05. The minimum Gasteiger partial charge on any atom is -0.254 e. The van der Waals surface area contributed by atoms with Crippen LogP contribution in [0.2, 0.25) is 20.4 Å². The lowest BCUT2D eigenvalue weighted by Crippen LogP contribution is -1.98. The highest BCUT2D eigenvalue weighted by molar-refractivity contribution is 7.85. The SMILES string of the molecule is CCS(=O)c1c(Cl)c(Cl)nc(Cl)c1Cl. The van der Waals surface area contributed by atoms with Gasteiger partial charge in [-0.1, -0.05) is 53.3 Å². The summed E-state index contributed by atoms with van der Waals surface area (Å²) in [6.07, 6.45) is 0. The minimum atomic E-state index is -1.31. The van der Waals surface area contributed by atoms with Crippen LogP contribution in [-0.4, -0.2) is 14.9 Å². The maximum atomic E-state index is 11.6. The van der Waals surface area contributed by atoms with Crippen LogP contribution in [0.15, 0.2) is 4.90 Å². The number of nitrogens with zero attached hydrogens (tertiary/aromatic N) is 1. The zero-order chi connectivity index (χ0) is 10.9. The van der Waals surface area contributed by atoms with Crippen LogP contribution in [-0.2, 0) is 10.8 Å². The number of halogens is 4. The maximum Gasteiger partial charge on any atom is 0.150 e. The molecule has 0 bridgehead atoms. The van der Waals surface area contributed by atoms with Gasteiger partial charge in [0.1, 0.15) is 0 Å². The molecule has 0 spiro atoms. The quantitative estimate of drug-likeness (QED) is 0.776. The Hall–Kier alpha value is 0.460. The van der Waals surface area contributed by atoms with Crippen molar-refractivity contribution in [2.24, 2.45) is 0 Å². The summed E-state index contributed by atoms with van der Waals surface area (Å²) in [5.41, 5.74) is 0. The third-order valence-corrected chi connectivity index (χ3v) is 4.54. The summed E-state index contributed by atoms with van der Waals surface area (Å²) < 4.78 is 11.6. The number of hydrogen-bond acceptors (Lipinski definition) is 2. The van der Waals surface area contributed by atoms with E-state index in [0.29, 0.717) is 5.75 Å². The molecule has 1 heterocycles. The number of pyridine rings is 1. The Morgan fingerprint density at radius 2 is 1.57 bits per heavy atom. The normalized spacial score (nSPS) is 12.9. The molecule has 0 aliphatic rings. The lowest BCUT2D eigenvalue weighted by molar-refractivity contribution is 0.684. The van der Waals surface area contributed by atoms with Crippen LogP contribution in [0.25, 0.3) is 0 Å². The largest absolute Gasteiger partial charge is 0.254 e. The Labute approximate surface area is 104 Å². The van der Waals surface area contributed by atoms with Crippen molar-refractivity contribution in [3.8, 4) is 0 Å². The minimum absolute atomic E-state index is 0.0119. The van der Waals surface area contributed by atoms with Gasteiger partial charge in [-0.15, -0.1) is 0 Å². The molecule has 1 rings (SSSR count). The van der Waals surface area contributed by atoms with E-state index in [1.54, 1.807) is 6.92 Å². The molecule has 14 heavy (non-hydrogen) atoms. The van der Waals surface area contributed by atoms with Gasteiger partial charge in [0.15, 0.2) is 10.3 Å². The smallest absolute Gasteiger partial charge is 0.150 e. The topological polar surface area (TPSA) is 30.0 Å². The lowest BCUT2D eigenvalue weighted by Gasteiger charge is -2.07. The second-order valence-corrected chi connectivity index (χ2v) is 5.43. The van der Waals surface area contributed by atoms with Gasteiger partial charge in [0, 0.05) is 5.75 Å². The van der Waals surface area contributed by atoms with Gasteiger partial charge < -0.3 is 0 Å². The van der Waals surface area contributed by atoms with Crippen molar-refractivity contribution in [3.63, 3.8) is 0 Å². The molecule has 0 saturated carbocycles. The second kappa shape index (κ2) is 4.99. The molecule has 0 aliphatic carbocycles. The third-order valence-electron chi connectivity index (χ3n) is 1.45. The van der Waals surface area contributed by atoms with Crippen molar-refractivity contribution in [1.82, 2.24) is 4.98 Å². The molecule has 1 unspecified atom stereocenters. The molecule has 0 N–H and O–H groups in total. The van der Waals surface area contributed by atoms with E-state index in [1.165, 1.54) is 0 Å². The predicted octanol–water partition coefficient (Wildman–Crippen LogP) is 3.82. The van der Waals surface area contributed by atoms with E-state index in [4.69, 9.17) is 46.4 Å². The first-order chi connectivity index (χ1) is 6.49. The van der Waals surface area contributed by atoms with Gasteiger partial charge in [0.05, 0.1) is 25.7 Å². The summed E-state index contributed by atoms with van der Waals surface area (Å²) in [4.78, 5) is 3.93. The first kappa shape index (κ1) is 12.5. The molecular formula is C7H5Cl4NOS. The van der Waals surface area contributed by atoms with E-state index in [-0.39, 0.29) is 25.2 Å². The van der Waals surface area contributed by atoms with Crippen molar-refractivity contribution in [2.75, 3.05) is 5.75 Å². The highest BCUT2D eigenvalue weighted by Gasteiger charge is 2.19. The summed E-state index contributed by atoms with van der Waals surface area (Å²) in [7, 11) is -1.31. The molecule has 0 radical (unpaired) electrons. The van der Waals surface area contributed by atoms with Crippen LogP contribution in [0.4, 0.5) is 0 Å². The second-order valence-electron chi connectivity index (χ2n) is 2.28. The van der Waals surface area contributed by atoms with Crippen molar-refractivity contribution in [1.29, 1.82) is 0 Å². The standard InChI is InChI=1S/C7H5Cl4NOS/c1-2-14(13)5-3(8)6(10)12-7(11)4(5)9/h2H2,1H3. The van der Waals surface area contributed by atoms with Crippen LogP contribution < -0.4 is 0 Å². The van der Waals surface area contributed by atoms with E-state index in [9.17, 15) is 4.21 Å². The van der Waals surface area contributed by atoms with Crippen molar-refractivity contribution in [3.05, 3.63) is 20.4 Å². The van der Waals surface area contributed by atoms with Gasteiger partial charge in [-0.2, -0.15) is 0 Å². The molecule has 1 atom stereocenters. The average Bonchev–Trinajstić information content (AvgIpc) is 2.15. The van der Waals surface area contributed by atoms with Gasteiger partial charge >= 0.3 is 0 Å². The molecule has 0 aromatic carbocycles. The van der Waals surface area contributed by atoms with Gasteiger partial charge in [-0.05, 0) is 0 Å². The highest BCUT2D eigenvalue weighted by atomic mass is 35.5. The number of aromatic nitrogens is 1. The van der Waals surface area contributed by atoms with E-state index in [0.717, 1.165) is 0 Å². The number of hydrogen-bond donors (Lipinski definition) is 0. The third kappa shape index (κ3) is 2.34. The monoisotopic (exact) mass is 291 g/mol. The summed E-state index contributed by atoms with van der Waals surface area (Å²) in [6.45, 7) is 1.74. The van der Waals surface area contributed by atoms with Gasteiger partial charge in [-0.25, -0.2) is 4.98 Å². The van der Waals surface area contributed by atoms with Crippen molar-refractivity contribution < 1.29 is 4.21 Å². The van der Waals surface area contributed by atoms with Crippen LogP contribution in [0, 0.1) is 0 Å². The van der Waals surface area contributed by atoms with Crippen LogP contribution in [0.3, 0.4) is 0 Å². The molecule has 78 valence electrons. The fourth-order valence-electron chi connectivity index (χ4n) is 0.812. The van der Waals surface area contributed by atoms with Crippen LogP contribution in [0.5, 0.6) is 0 Å². The fraction of sp³-hybridized carbons (Fsp3) is 0.286. The molecule has 0 aliphatic heterocycles. The van der Waals surface area contributed by atoms with E-state index in [2.05, 4.69) is 4.98 Å². The Morgan fingerprint density at radius 1 is 1.14 bits per heavy atom. The van der Waals surface area contributed by atoms with E-state index < -0.39 is 10.8 Å². The Kier molecular flexibility index (Phi) is 4.47. The molecule has 7 heteroatoms. The van der Waals surface area contributed by atoms with E-state index in [1.807, 2.05) is 0 Å². The number of rotatable bonds is 2. The Bertz CT molecular complexity index is 370. The molecule has 0 saturated heterocycles. The zero-order valence-corrected chi connectivity index (χ0v) is 10.8. The summed E-state index contributed by atoms with van der Waals surface area (Å²) in [6, 6.07) is 0. The maximum absolute atomic E-state index is 11.6. The summed E-state index contributed by atoms with van der Waals surface area (Å²) >= 11 is 23.0. The van der Waals surface area contributed by atoms with Crippen molar-refractivity contribution in [2.45, 2.75) is 11.8 Å². The zero-order valence-electron chi connectivity index (χ0n) is 6.98. The first-order valence-corrected chi connectivity index (χ1v) is 6.40. The molecular weight excluding hydrogens is 288 g/mol. The Morgan fingerprint density at radius 3 is 1.93 bits per heavy atom. The van der Waals surface area contributed by atoms with Gasteiger partial charge in [0.25, 0.3) is 0 Å². The van der Waals surface area contributed by atoms with Crippen LogP contribution in [0.1, 0.15) is 6.92 Å². The van der Waals surface area contributed by atoms with Crippen LogP contribution >= 0.6 is 46.4 Å². The van der Waals surface area contributed by atoms with Crippen molar-refractivity contribution >= 4 is 57.2 Å². The molecule has 1 aromatic rings. The lowest BCUT2D eigenvalue weighted by atomic mass is 10.5. The molecule has 0 fully saturated rings. The first-order valence-electron chi connectivity index (χ1n) is 3.57. The van der Waals surface area contributed by atoms with Gasteiger partial charge in [-0.3, -0.25) is 4.21 Å². The van der Waals surface area contributed by atoms with Gasteiger partial charge in [0.2, 0.25) is 0 Å².